The highest BCUT2D eigenvalue weighted by atomic mass is 33.1. The smallest absolute Gasteiger partial charge is 0.327 e. The van der Waals surface area contributed by atoms with Crippen LogP contribution in [0.25, 0.3) is 0 Å². The Morgan fingerprint density at radius 1 is 0.704 bits per heavy atom. The van der Waals surface area contributed by atoms with Crippen molar-refractivity contribution in [2.45, 2.75) is 132 Å². The van der Waals surface area contributed by atoms with Gasteiger partial charge in [-0.2, -0.15) is 11.8 Å². The number of aromatic hydroxyl groups is 1. The largest absolute Gasteiger partial charge is 0.508 e. The van der Waals surface area contributed by atoms with Gasteiger partial charge < -0.3 is 90.4 Å². The van der Waals surface area contributed by atoms with E-state index in [-0.39, 0.29) is 62.4 Å². The number of phenols is 1. The van der Waals surface area contributed by atoms with E-state index < -0.39 is 170 Å². The summed E-state index contributed by atoms with van der Waals surface area (Å²) in [4.78, 5) is 174. The number of benzene rings is 1. The maximum Gasteiger partial charge on any atom is 0.327 e. The summed E-state index contributed by atoms with van der Waals surface area (Å²) in [5, 5.41) is 61.6. The Morgan fingerprint density at radius 3 is 1.86 bits per heavy atom. The Bertz CT molecular complexity index is 2410. The molecular formula is C48H73N13O17S3. The fraction of sp³-hybridized carbons (Fsp3) is 0.604. The number of aliphatic carboxylic acids is 2. The van der Waals surface area contributed by atoms with Crippen molar-refractivity contribution in [3.63, 3.8) is 0 Å². The molecular weight excluding hydrogens is 1130 g/mol. The molecule has 0 spiro atoms. The third kappa shape index (κ3) is 24.0. The van der Waals surface area contributed by atoms with Crippen LogP contribution in [0, 0.1) is 0 Å². The Hall–Kier alpha value is -6.94. The standard InChI is InChI=1S/C48H73N13O17S3/c1-24(62)39-46(75)58-28(6-3-4-15-49)43(72)56-29(12-13-38(67)68)41(70)52-21-37(66)55-33(48(77)78)23-81-80-22-27(50)40(69)59-32(19-35(51)64)47(76)61-16-5-7-34(61)45(74)57-30(14-17-79-2)42(71)53-20-36(65)54-31(44(73)60-39)18-25-8-10-26(63)11-9-25/h8-11,24,27-34,39,62-63H,3-7,12-23,49-50H2,1-2H3,(H2,51,64)(H,52,70)(H,53,71)(H,54,65)(H,55,66)(H,56,72)(H,57,74)(H,58,75)(H,59,69)(H,60,73)(H,67,68)(H,77,78)/t24-,27+,28+,29+,30?,31?,32+,33?,34+,39+/m1/s1. The molecule has 2 aliphatic heterocycles. The molecule has 30 nitrogen and oxygen atoms in total. The van der Waals surface area contributed by atoms with Crippen LogP contribution >= 0.6 is 33.3 Å². The first-order valence-electron chi connectivity index (χ1n) is 25.7. The number of fused-ring (bicyclic) bond motifs is 1. The monoisotopic (exact) mass is 1200 g/mol. The minimum atomic E-state index is -1.83. The number of hydrogen-bond acceptors (Lipinski definition) is 20. The van der Waals surface area contributed by atoms with Crippen LogP contribution in [0.15, 0.2) is 24.3 Å². The third-order valence-corrected chi connectivity index (χ3v) is 15.5. The van der Waals surface area contributed by atoms with Crippen molar-refractivity contribution in [2.75, 3.05) is 49.7 Å². The van der Waals surface area contributed by atoms with Gasteiger partial charge in [0.2, 0.25) is 65.0 Å². The predicted molar refractivity (Wildman–Crippen MR) is 295 cm³/mol. The summed E-state index contributed by atoms with van der Waals surface area (Å²) in [6.07, 6.45) is -1.30. The van der Waals surface area contributed by atoms with Gasteiger partial charge >= 0.3 is 11.9 Å². The summed E-state index contributed by atoms with van der Waals surface area (Å²) in [6, 6.07) is -8.12. The molecule has 1 aromatic carbocycles. The van der Waals surface area contributed by atoms with Gasteiger partial charge in [0.1, 0.15) is 54.1 Å². The highest BCUT2D eigenvalue weighted by Gasteiger charge is 2.40. The molecule has 33 heteroatoms. The van der Waals surface area contributed by atoms with Gasteiger partial charge in [-0.25, -0.2) is 4.79 Å². The zero-order valence-corrected chi connectivity index (χ0v) is 47.1. The summed E-state index contributed by atoms with van der Waals surface area (Å²) in [5.41, 5.74) is 17.6. The van der Waals surface area contributed by atoms with E-state index >= 15 is 0 Å². The van der Waals surface area contributed by atoms with Crippen LogP contribution in [0.1, 0.15) is 70.3 Å². The van der Waals surface area contributed by atoms with E-state index in [1.54, 1.807) is 6.26 Å². The minimum absolute atomic E-state index is 0.00241. The molecule has 0 radical (unpaired) electrons. The molecule has 2 fully saturated rings. The molecule has 11 amide bonds. The molecule has 450 valence electrons. The molecule has 0 bridgehead atoms. The molecule has 2 heterocycles. The van der Waals surface area contributed by atoms with E-state index in [2.05, 4.69) is 47.9 Å². The summed E-state index contributed by atoms with van der Waals surface area (Å²) >= 11 is 1.33. The molecule has 2 aliphatic rings. The fourth-order valence-corrected chi connectivity index (χ4v) is 10.8. The summed E-state index contributed by atoms with van der Waals surface area (Å²) in [6.45, 7) is -0.346. The van der Waals surface area contributed by atoms with Crippen LogP contribution in [0.5, 0.6) is 5.75 Å². The lowest BCUT2D eigenvalue weighted by atomic mass is 10.0. The fourth-order valence-electron chi connectivity index (χ4n) is 8.08. The maximum atomic E-state index is 14.1. The second-order valence-electron chi connectivity index (χ2n) is 18.9. The Kier molecular flexibility index (Phi) is 29.6. The zero-order chi connectivity index (χ0) is 60.3. The van der Waals surface area contributed by atoms with E-state index in [1.165, 1.54) is 36.0 Å². The van der Waals surface area contributed by atoms with E-state index in [0.717, 1.165) is 33.4 Å². The number of carbonyl (C=O) groups is 13. The number of nitrogens with zero attached hydrogens (tertiary/aromatic N) is 1. The number of rotatable bonds is 16. The highest BCUT2D eigenvalue weighted by Crippen LogP contribution is 2.24. The van der Waals surface area contributed by atoms with Crippen LogP contribution in [-0.4, -0.2) is 212 Å². The number of unbranched alkanes of at least 4 members (excludes halogenated alkanes) is 1. The first-order valence-corrected chi connectivity index (χ1v) is 29.6. The van der Waals surface area contributed by atoms with Gasteiger partial charge in [-0.05, 0) is 88.1 Å². The van der Waals surface area contributed by atoms with Crippen molar-refractivity contribution in [1.82, 2.24) is 52.8 Å². The number of aliphatic hydroxyl groups is 1. The lowest BCUT2D eigenvalue weighted by molar-refractivity contribution is -0.143. The SMILES string of the molecule is CSCCC1NC(=O)[C@@H]2CCCN2C(=O)[C@H](CC(N)=O)NC(=O)[C@@H](N)CSSCC(C(=O)O)NC(=O)CNC(=O)[C@H](CCC(=O)O)NC(=O)[C@H](CCCCN)NC(=O)[C@H]([C@@H](C)O)NC(=O)C(Cc2ccc(O)cc2)NC(=O)CNC1=O. The number of nitrogens with two attached hydrogens (primary N) is 3. The Balaban J connectivity index is 2.04. The molecule has 0 aromatic heterocycles. The van der Waals surface area contributed by atoms with Crippen LogP contribution in [0.3, 0.4) is 0 Å². The van der Waals surface area contributed by atoms with E-state index in [0.29, 0.717) is 24.2 Å². The molecule has 1 aromatic rings. The number of nitrogens with one attached hydrogen (secondary N) is 9. The Labute approximate surface area is 478 Å². The number of phenolic OH excluding ortho intramolecular Hbond substituents is 1. The third-order valence-electron chi connectivity index (χ3n) is 12.4. The van der Waals surface area contributed by atoms with Crippen molar-refractivity contribution >= 4 is 110 Å². The summed E-state index contributed by atoms with van der Waals surface area (Å²) in [7, 11) is 1.78. The number of carboxylic acids is 2. The number of aliphatic hydroxyl groups excluding tert-OH is 1. The first kappa shape index (κ1) is 68.3. The average molecular weight is 1200 g/mol. The van der Waals surface area contributed by atoms with Crippen LogP contribution in [-0.2, 0) is 68.7 Å². The number of thioether (sulfide) groups is 1. The van der Waals surface area contributed by atoms with Gasteiger partial charge in [0.05, 0.1) is 31.7 Å². The molecule has 0 saturated carbocycles. The van der Waals surface area contributed by atoms with Crippen molar-refractivity contribution in [3.05, 3.63) is 29.8 Å². The van der Waals surface area contributed by atoms with Crippen molar-refractivity contribution < 1.29 is 82.8 Å². The minimum Gasteiger partial charge on any atom is -0.508 e. The average Bonchev–Trinajstić information content (AvgIpc) is 3.92. The van der Waals surface area contributed by atoms with Crippen molar-refractivity contribution in [1.29, 1.82) is 0 Å². The van der Waals surface area contributed by atoms with Gasteiger partial charge in [0, 0.05) is 30.9 Å². The topological polar surface area (TPSA) is 492 Å². The molecule has 3 unspecified atom stereocenters. The predicted octanol–water partition coefficient (Wildman–Crippen LogP) is -5.64. The zero-order valence-electron chi connectivity index (χ0n) is 44.6. The maximum absolute atomic E-state index is 14.1. The van der Waals surface area contributed by atoms with Crippen molar-refractivity contribution in [3.8, 4) is 5.75 Å². The molecule has 81 heavy (non-hydrogen) atoms. The van der Waals surface area contributed by atoms with Gasteiger partial charge in [-0.15, -0.1) is 0 Å². The summed E-state index contributed by atoms with van der Waals surface area (Å²) in [5.74, 6) is -13.9. The Morgan fingerprint density at radius 2 is 1.27 bits per heavy atom. The highest BCUT2D eigenvalue weighted by molar-refractivity contribution is 8.76. The molecule has 19 N–H and O–H groups in total. The lowest BCUT2D eigenvalue weighted by Gasteiger charge is -2.30. The van der Waals surface area contributed by atoms with Gasteiger partial charge in [0.25, 0.3) is 0 Å². The van der Waals surface area contributed by atoms with Crippen LogP contribution < -0.4 is 65.1 Å². The molecule has 3 rings (SSSR count). The number of primary amides is 1. The number of hydrogen-bond donors (Lipinski definition) is 16. The van der Waals surface area contributed by atoms with E-state index in [1.807, 2.05) is 0 Å². The lowest BCUT2D eigenvalue weighted by Crippen LogP contribution is -2.61. The van der Waals surface area contributed by atoms with E-state index in [9.17, 15) is 82.8 Å². The number of amides is 11. The van der Waals surface area contributed by atoms with Gasteiger partial charge in [0.15, 0.2) is 0 Å². The van der Waals surface area contributed by atoms with Crippen LogP contribution in [0.4, 0.5) is 0 Å². The molecule has 2 saturated heterocycles. The second kappa shape index (κ2) is 35.0. The van der Waals surface area contributed by atoms with Gasteiger partial charge in [-0.1, -0.05) is 33.7 Å². The second-order valence-corrected chi connectivity index (χ2v) is 22.4. The molecule has 10 atom stereocenters. The van der Waals surface area contributed by atoms with E-state index in [4.69, 9.17) is 17.2 Å². The van der Waals surface area contributed by atoms with Gasteiger partial charge in [-0.3, -0.25) is 57.5 Å². The van der Waals surface area contributed by atoms with Crippen LogP contribution in [0.2, 0.25) is 0 Å². The number of carbonyl (C=O) groups excluding carboxylic acids is 11. The molecule has 0 aliphatic carbocycles. The van der Waals surface area contributed by atoms with Crippen molar-refractivity contribution in [2.24, 2.45) is 17.2 Å². The summed E-state index contributed by atoms with van der Waals surface area (Å²) < 4.78 is 0. The normalized spacial score (nSPS) is 25.7. The first-order chi connectivity index (χ1) is 38.3. The number of carboxylic acid groups (broad SMARTS) is 2. The quantitative estimate of drug-likeness (QED) is 0.0542.